The highest BCUT2D eigenvalue weighted by Crippen LogP contribution is 2.44. The first-order valence-electron chi connectivity index (χ1n) is 5.74. The molecule has 0 amide bonds. The highest BCUT2D eigenvalue weighted by Gasteiger charge is 2.43. The average molecular weight is 240 g/mol. The fourth-order valence-corrected chi connectivity index (χ4v) is 2.35. The summed E-state index contributed by atoms with van der Waals surface area (Å²) in [5.74, 6) is -0.370. The zero-order chi connectivity index (χ0) is 12.8. The quantitative estimate of drug-likeness (QED) is 0.833. The lowest BCUT2D eigenvalue weighted by atomic mass is 9.85. The summed E-state index contributed by atoms with van der Waals surface area (Å²) in [5, 5.41) is 9.44. The molecule has 0 aliphatic carbocycles. The van der Waals surface area contributed by atoms with E-state index < -0.39 is 11.6 Å². The molecule has 0 saturated heterocycles. The molecule has 0 bridgehead atoms. The third-order valence-electron chi connectivity index (χ3n) is 3.34. The number of fused-ring (bicyclic) bond motifs is 3. The Bertz CT molecular complexity index is 633. The van der Waals surface area contributed by atoms with Gasteiger partial charge in [-0.15, -0.1) is 0 Å². The fraction of sp³-hybridized carbons (Fsp3) is 0.133. The third-order valence-corrected chi connectivity index (χ3v) is 3.34. The highest BCUT2D eigenvalue weighted by molar-refractivity contribution is 5.87. The molecule has 3 heteroatoms. The Morgan fingerprint density at radius 2 is 1.67 bits per heavy atom. The third kappa shape index (κ3) is 1.34. The van der Waals surface area contributed by atoms with Crippen LogP contribution < -0.4 is 4.74 Å². The maximum atomic E-state index is 11.5. The number of para-hydroxylation sites is 1. The van der Waals surface area contributed by atoms with Crippen LogP contribution in [0, 0.1) is 0 Å². The second kappa shape index (κ2) is 3.60. The highest BCUT2D eigenvalue weighted by atomic mass is 16.5. The lowest BCUT2D eigenvalue weighted by molar-refractivity contribution is -0.154. The Labute approximate surface area is 105 Å². The first-order chi connectivity index (χ1) is 8.63. The fourth-order valence-electron chi connectivity index (χ4n) is 2.35. The van der Waals surface area contributed by atoms with Crippen LogP contribution in [-0.4, -0.2) is 11.1 Å². The second-order valence-electron chi connectivity index (χ2n) is 4.48. The molecule has 1 N–H and O–H groups in total. The Kier molecular flexibility index (Phi) is 2.17. The molecule has 0 saturated carbocycles. The molecule has 0 fully saturated rings. The van der Waals surface area contributed by atoms with Crippen LogP contribution in [0.25, 0.3) is 11.1 Å². The molecule has 0 aromatic heterocycles. The van der Waals surface area contributed by atoms with Gasteiger partial charge in [0, 0.05) is 11.1 Å². The van der Waals surface area contributed by atoms with E-state index in [1.54, 1.807) is 19.1 Å². The van der Waals surface area contributed by atoms with E-state index in [2.05, 4.69) is 0 Å². The largest absolute Gasteiger partial charge is 0.478 e. The van der Waals surface area contributed by atoms with Gasteiger partial charge in [0.25, 0.3) is 0 Å². The second-order valence-corrected chi connectivity index (χ2v) is 4.48. The van der Waals surface area contributed by atoms with Crippen molar-refractivity contribution in [2.75, 3.05) is 0 Å². The van der Waals surface area contributed by atoms with Crippen LogP contribution in [0.4, 0.5) is 0 Å². The minimum atomic E-state index is -1.33. The van der Waals surface area contributed by atoms with Gasteiger partial charge in [0.1, 0.15) is 5.75 Å². The number of ether oxygens (including phenoxy) is 1. The molecule has 3 rings (SSSR count). The van der Waals surface area contributed by atoms with Gasteiger partial charge in [-0.25, -0.2) is 4.79 Å². The molecule has 1 unspecified atom stereocenters. The maximum absolute atomic E-state index is 11.5. The zero-order valence-electron chi connectivity index (χ0n) is 9.88. The molecule has 2 aromatic carbocycles. The number of carboxylic acids is 1. The maximum Gasteiger partial charge on any atom is 0.352 e. The molecule has 3 nitrogen and oxygen atoms in total. The SMILES string of the molecule is CC1(C(=O)O)Oc2ccccc2-c2ccccc21. The monoisotopic (exact) mass is 240 g/mol. The van der Waals surface area contributed by atoms with Gasteiger partial charge in [-0.05, 0) is 18.6 Å². The predicted octanol–water partition coefficient (Wildman–Crippen LogP) is 3.05. The van der Waals surface area contributed by atoms with Crippen molar-refractivity contribution in [3.8, 4) is 16.9 Å². The zero-order valence-corrected chi connectivity index (χ0v) is 9.88. The van der Waals surface area contributed by atoms with Gasteiger partial charge in [0.2, 0.25) is 5.60 Å². The van der Waals surface area contributed by atoms with Crippen LogP contribution in [0.1, 0.15) is 12.5 Å². The van der Waals surface area contributed by atoms with Crippen molar-refractivity contribution in [2.24, 2.45) is 0 Å². The summed E-state index contributed by atoms with van der Waals surface area (Å²) < 4.78 is 5.71. The van der Waals surface area contributed by atoms with Crippen LogP contribution in [0.5, 0.6) is 5.75 Å². The van der Waals surface area contributed by atoms with Gasteiger partial charge in [-0.2, -0.15) is 0 Å². The summed E-state index contributed by atoms with van der Waals surface area (Å²) in [5.41, 5.74) is 1.22. The van der Waals surface area contributed by atoms with E-state index in [1.807, 2.05) is 36.4 Å². The Morgan fingerprint density at radius 3 is 2.39 bits per heavy atom. The van der Waals surface area contributed by atoms with E-state index in [4.69, 9.17) is 4.74 Å². The number of hydrogen-bond donors (Lipinski definition) is 1. The Balaban J connectivity index is 2.33. The van der Waals surface area contributed by atoms with E-state index in [0.717, 1.165) is 11.1 Å². The first kappa shape index (κ1) is 10.8. The van der Waals surface area contributed by atoms with Crippen molar-refractivity contribution in [1.29, 1.82) is 0 Å². The first-order valence-corrected chi connectivity index (χ1v) is 5.74. The van der Waals surface area contributed by atoms with Crippen molar-refractivity contribution in [3.63, 3.8) is 0 Å². The topological polar surface area (TPSA) is 46.5 Å². The van der Waals surface area contributed by atoms with Crippen molar-refractivity contribution < 1.29 is 14.6 Å². The number of benzene rings is 2. The number of carbonyl (C=O) groups is 1. The van der Waals surface area contributed by atoms with Crippen LogP contribution in [0.15, 0.2) is 48.5 Å². The summed E-state index contributed by atoms with van der Waals surface area (Å²) in [7, 11) is 0. The lowest BCUT2D eigenvalue weighted by Crippen LogP contribution is -2.40. The van der Waals surface area contributed by atoms with Crippen LogP contribution in [0.2, 0.25) is 0 Å². The summed E-state index contributed by atoms with van der Waals surface area (Å²) in [4.78, 5) is 11.5. The number of rotatable bonds is 1. The minimum Gasteiger partial charge on any atom is -0.478 e. The van der Waals surface area contributed by atoms with E-state index in [1.165, 1.54) is 0 Å². The normalized spacial score (nSPS) is 20.5. The smallest absolute Gasteiger partial charge is 0.352 e. The van der Waals surface area contributed by atoms with Crippen LogP contribution in [0.3, 0.4) is 0 Å². The summed E-state index contributed by atoms with van der Waals surface area (Å²) >= 11 is 0. The molecule has 0 spiro atoms. The van der Waals surface area contributed by atoms with Crippen LogP contribution in [-0.2, 0) is 10.4 Å². The van der Waals surface area contributed by atoms with E-state index in [-0.39, 0.29) is 0 Å². The van der Waals surface area contributed by atoms with Gasteiger partial charge in [-0.1, -0.05) is 42.5 Å². The Morgan fingerprint density at radius 1 is 1.06 bits per heavy atom. The molecule has 1 atom stereocenters. The van der Waals surface area contributed by atoms with Gasteiger partial charge < -0.3 is 9.84 Å². The molecule has 1 aliphatic rings. The number of carboxylic acid groups (broad SMARTS) is 1. The molecule has 0 radical (unpaired) electrons. The van der Waals surface area contributed by atoms with Crippen molar-refractivity contribution in [1.82, 2.24) is 0 Å². The van der Waals surface area contributed by atoms with Gasteiger partial charge in [0.15, 0.2) is 0 Å². The standard InChI is InChI=1S/C15H12O3/c1-15(14(16)17)12-8-4-2-6-10(12)11-7-3-5-9-13(11)18-15/h2-9H,1H3,(H,16,17). The average Bonchev–Trinajstić information content (AvgIpc) is 2.39. The summed E-state index contributed by atoms with van der Waals surface area (Å²) in [6.07, 6.45) is 0. The molecule has 90 valence electrons. The van der Waals surface area contributed by atoms with Crippen LogP contribution >= 0.6 is 0 Å². The molecule has 1 heterocycles. The number of hydrogen-bond acceptors (Lipinski definition) is 2. The predicted molar refractivity (Wildman–Crippen MR) is 67.5 cm³/mol. The molecular weight excluding hydrogens is 228 g/mol. The number of aliphatic carboxylic acids is 1. The van der Waals surface area contributed by atoms with Gasteiger partial charge in [-0.3, -0.25) is 0 Å². The van der Waals surface area contributed by atoms with Crippen molar-refractivity contribution in [2.45, 2.75) is 12.5 Å². The van der Waals surface area contributed by atoms with E-state index in [9.17, 15) is 9.90 Å². The van der Waals surface area contributed by atoms with Crippen molar-refractivity contribution in [3.05, 3.63) is 54.1 Å². The lowest BCUT2D eigenvalue weighted by Gasteiger charge is -2.34. The van der Waals surface area contributed by atoms with E-state index >= 15 is 0 Å². The molecular formula is C15H12O3. The summed E-state index contributed by atoms with van der Waals surface area (Å²) in [6, 6.07) is 15.0. The van der Waals surface area contributed by atoms with Crippen molar-refractivity contribution >= 4 is 5.97 Å². The minimum absolute atomic E-state index is 0.612. The van der Waals surface area contributed by atoms with E-state index in [0.29, 0.717) is 11.3 Å². The van der Waals surface area contributed by atoms with Gasteiger partial charge in [0.05, 0.1) is 0 Å². The molecule has 2 aromatic rings. The van der Waals surface area contributed by atoms with Gasteiger partial charge >= 0.3 is 5.97 Å². The molecule has 1 aliphatic heterocycles. The Hall–Kier alpha value is -2.29. The molecule has 18 heavy (non-hydrogen) atoms. The summed E-state index contributed by atoms with van der Waals surface area (Å²) in [6.45, 7) is 1.59.